The van der Waals surface area contributed by atoms with E-state index in [1.807, 2.05) is 0 Å². The number of nitrogens with zero attached hydrogens (tertiary/aromatic N) is 1. The van der Waals surface area contributed by atoms with Gasteiger partial charge in [0.2, 0.25) is 5.88 Å². The lowest BCUT2D eigenvalue weighted by atomic mass is 9.89. The van der Waals surface area contributed by atoms with E-state index < -0.39 is 0 Å². The second-order valence-corrected chi connectivity index (χ2v) is 6.34. The quantitative estimate of drug-likeness (QED) is 0.768. The lowest BCUT2D eigenvalue weighted by molar-refractivity contribution is 0.130. The van der Waals surface area contributed by atoms with Gasteiger partial charge >= 0.3 is 0 Å². The molecule has 21 heavy (non-hydrogen) atoms. The van der Waals surface area contributed by atoms with Crippen molar-refractivity contribution in [1.29, 1.82) is 0 Å². The molecule has 0 radical (unpaired) electrons. The number of hydrogen-bond donors (Lipinski definition) is 1. The molecule has 3 heteroatoms. The fourth-order valence-corrected chi connectivity index (χ4v) is 2.89. The van der Waals surface area contributed by atoms with Gasteiger partial charge in [0.05, 0.1) is 0 Å². The highest BCUT2D eigenvalue weighted by Gasteiger charge is 2.20. The Balaban J connectivity index is 1.98. The van der Waals surface area contributed by atoms with Crippen LogP contribution >= 0.6 is 0 Å². The minimum Gasteiger partial charge on any atom is -0.474 e. The normalized spacial score (nSPS) is 22.2. The van der Waals surface area contributed by atoms with Crippen LogP contribution in [-0.4, -0.2) is 17.6 Å². The van der Waals surface area contributed by atoms with Crippen molar-refractivity contribution in [3.05, 3.63) is 23.4 Å². The molecule has 0 aliphatic heterocycles. The van der Waals surface area contributed by atoms with Crippen molar-refractivity contribution in [3.8, 4) is 5.88 Å². The Labute approximate surface area is 129 Å². The first-order chi connectivity index (χ1) is 10.2. The van der Waals surface area contributed by atoms with Crippen molar-refractivity contribution in [2.75, 3.05) is 6.54 Å². The fraction of sp³-hybridized carbons (Fsp3) is 0.722. The molecule has 1 aromatic rings. The summed E-state index contributed by atoms with van der Waals surface area (Å²) in [6.07, 6.45) is 7.38. The number of nitrogens with one attached hydrogen (secondary N) is 1. The highest BCUT2D eigenvalue weighted by molar-refractivity contribution is 5.25. The molecule has 0 bridgehead atoms. The molecule has 0 amide bonds. The van der Waals surface area contributed by atoms with Gasteiger partial charge in [-0.1, -0.05) is 20.8 Å². The smallest absolute Gasteiger partial charge is 0.214 e. The maximum absolute atomic E-state index is 6.15. The van der Waals surface area contributed by atoms with Gasteiger partial charge < -0.3 is 10.1 Å². The minimum absolute atomic E-state index is 0.359. The standard InChI is InChI=1S/C18H30N2O/c1-4-10-19-13-15-11-16(5-2)20-18(12-15)21-17-8-6-14(3)7-9-17/h11-12,14,17,19H,4-10,13H2,1-3H3. The number of rotatable bonds is 7. The van der Waals surface area contributed by atoms with Crippen molar-refractivity contribution < 1.29 is 4.74 Å². The van der Waals surface area contributed by atoms with Crippen molar-refractivity contribution in [2.24, 2.45) is 5.92 Å². The van der Waals surface area contributed by atoms with Gasteiger partial charge in [0.15, 0.2) is 0 Å². The predicted octanol–water partition coefficient (Wildman–Crippen LogP) is 4.10. The van der Waals surface area contributed by atoms with Crippen LogP contribution in [0.4, 0.5) is 0 Å². The van der Waals surface area contributed by atoms with Gasteiger partial charge in [-0.25, -0.2) is 4.98 Å². The maximum Gasteiger partial charge on any atom is 0.214 e. The molecule has 118 valence electrons. The number of aryl methyl sites for hydroxylation is 1. The van der Waals surface area contributed by atoms with E-state index in [-0.39, 0.29) is 0 Å². The zero-order valence-corrected chi connectivity index (χ0v) is 13.8. The highest BCUT2D eigenvalue weighted by atomic mass is 16.5. The SMILES string of the molecule is CCCNCc1cc(CC)nc(OC2CCC(C)CC2)c1. The second kappa shape index (κ2) is 8.38. The zero-order chi connectivity index (χ0) is 15.1. The first-order valence-corrected chi connectivity index (χ1v) is 8.58. The van der Waals surface area contributed by atoms with Crippen molar-refractivity contribution in [1.82, 2.24) is 10.3 Å². The molecule has 1 aliphatic carbocycles. The largest absolute Gasteiger partial charge is 0.474 e. The minimum atomic E-state index is 0.359. The van der Waals surface area contributed by atoms with Crippen LogP contribution in [0.15, 0.2) is 12.1 Å². The fourth-order valence-electron chi connectivity index (χ4n) is 2.89. The molecule has 0 spiro atoms. The van der Waals surface area contributed by atoms with Gasteiger partial charge in [0.25, 0.3) is 0 Å². The molecule has 3 nitrogen and oxygen atoms in total. The van der Waals surface area contributed by atoms with Gasteiger partial charge in [-0.05, 0) is 62.6 Å². The predicted molar refractivity (Wildman–Crippen MR) is 87.7 cm³/mol. The first-order valence-electron chi connectivity index (χ1n) is 8.58. The Morgan fingerprint density at radius 2 is 1.95 bits per heavy atom. The Morgan fingerprint density at radius 3 is 2.62 bits per heavy atom. The second-order valence-electron chi connectivity index (χ2n) is 6.34. The van der Waals surface area contributed by atoms with E-state index in [2.05, 4.69) is 43.2 Å². The van der Waals surface area contributed by atoms with E-state index >= 15 is 0 Å². The third kappa shape index (κ3) is 5.31. The van der Waals surface area contributed by atoms with E-state index in [1.54, 1.807) is 0 Å². The molecular weight excluding hydrogens is 260 g/mol. The molecule has 0 unspecified atom stereocenters. The van der Waals surface area contributed by atoms with Crippen LogP contribution < -0.4 is 10.1 Å². The molecule has 0 atom stereocenters. The summed E-state index contributed by atoms with van der Waals surface area (Å²) < 4.78 is 6.15. The summed E-state index contributed by atoms with van der Waals surface area (Å²) in [6, 6.07) is 4.30. The van der Waals surface area contributed by atoms with Gasteiger partial charge in [-0.15, -0.1) is 0 Å². The molecule has 1 fully saturated rings. The average Bonchev–Trinajstić information content (AvgIpc) is 2.50. The summed E-state index contributed by atoms with van der Waals surface area (Å²) in [7, 11) is 0. The molecule has 2 rings (SSSR count). The van der Waals surface area contributed by atoms with Crippen LogP contribution in [0.1, 0.15) is 64.1 Å². The Morgan fingerprint density at radius 1 is 1.19 bits per heavy atom. The van der Waals surface area contributed by atoms with Crippen LogP contribution in [0, 0.1) is 5.92 Å². The van der Waals surface area contributed by atoms with Crippen LogP contribution in [0.3, 0.4) is 0 Å². The van der Waals surface area contributed by atoms with E-state index in [9.17, 15) is 0 Å². The van der Waals surface area contributed by atoms with E-state index in [0.29, 0.717) is 6.10 Å². The Hall–Kier alpha value is -1.09. The van der Waals surface area contributed by atoms with E-state index in [4.69, 9.17) is 4.74 Å². The van der Waals surface area contributed by atoms with Crippen LogP contribution in [-0.2, 0) is 13.0 Å². The van der Waals surface area contributed by atoms with Crippen molar-refractivity contribution in [2.45, 2.75) is 71.9 Å². The molecular formula is C18H30N2O. The van der Waals surface area contributed by atoms with Crippen molar-refractivity contribution >= 4 is 0 Å². The summed E-state index contributed by atoms with van der Waals surface area (Å²) in [5.74, 6) is 1.68. The molecule has 1 aromatic heterocycles. The molecule has 1 aliphatic rings. The number of hydrogen-bond acceptors (Lipinski definition) is 3. The zero-order valence-electron chi connectivity index (χ0n) is 13.8. The van der Waals surface area contributed by atoms with Gasteiger partial charge in [-0.2, -0.15) is 0 Å². The molecule has 1 saturated carbocycles. The Kier molecular flexibility index (Phi) is 6.50. The number of aromatic nitrogens is 1. The van der Waals surface area contributed by atoms with Crippen LogP contribution in [0.2, 0.25) is 0 Å². The van der Waals surface area contributed by atoms with Gasteiger partial charge in [-0.3, -0.25) is 0 Å². The third-order valence-corrected chi connectivity index (χ3v) is 4.28. The lowest BCUT2D eigenvalue weighted by Gasteiger charge is -2.26. The average molecular weight is 290 g/mol. The van der Waals surface area contributed by atoms with Gasteiger partial charge in [0, 0.05) is 18.3 Å². The lowest BCUT2D eigenvalue weighted by Crippen LogP contribution is -2.23. The topological polar surface area (TPSA) is 34.2 Å². The van der Waals surface area contributed by atoms with Crippen LogP contribution in [0.25, 0.3) is 0 Å². The number of pyridine rings is 1. The molecule has 1 heterocycles. The van der Waals surface area contributed by atoms with E-state index in [0.717, 1.165) is 43.4 Å². The number of ether oxygens (including phenoxy) is 1. The first kappa shape index (κ1) is 16.3. The summed E-state index contributed by atoms with van der Waals surface area (Å²) >= 11 is 0. The van der Waals surface area contributed by atoms with Crippen molar-refractivity contribution in [3.63, 3.8) is 0 Å². The monoisotopic (exact) mass is 290 g/mol. The maximum atomic E-state index is 6.15. The highest BCUT2D eigenvalue weighted by Crippen LogP contribution is 2.27. The molecule has 0 saturated heterocycles. The van der Waals surface area contributed by atoms with E-state index in [1.165, 1.54) is 31.2 Å². The third-order valence-electron chi connectivity index (χ3n) is 4.28. The van der Waals surface area contributed by atoms with Crippen LogP contribution in [0.5, 0.6) is 5.88 Å². The summed E-state index contributed by atoms with van der Waals surface area (Å²) in [5, 5.41) is 3.46. The molecule has 1 N–H and O–H groups in total. The summed E-state index contributed by atoms with van der Waals surface area (Å²) in [6.45, 7) is 8.64. The summed E-state index contributed by atoms with van der Waals surface area (Å²) in [5.41, 5.74) is 2.42. The Bertz CT molecular complexity index is 425. The summed E-state index contributed by atoms with van der Waals surface area (Å²) in [4.78, 5) is 4.64. The van der Waals surface area contributed by atoms with Gasteiger partial charge in [0.1, 0.15) is 6.10 Å². The molecule has 0 aromatic carbocycles.